The second-order valence-corrected chi connectivity index (χ2v) is 5.28. The molecule has 1 fully saturated rings. The maximum atomic E-state index is 3.72. The maximum absolute atomic E-state index is 3.72. The summed E-state index contributed by atoms with van der Waals surface area (Å²) in [6, 6.07) is 9.76. The molecule has 2 unspecified atom stereocenters. The van der Waals surface area contributed by atoms with Crippen molar-refractivity contribution in [1.82, 2.24) is 10.6 Å². The van der Waals surface area contributed by atoms with Crippen LogP contribution < -0.4 is 10.6 Å². The van der Waals surface area contributed by atoms with Crippen molar-refractivity contribution in [1.29, 1.82) is 0 Å². The topological polar surface area (TPSA) is 24.1 Å². The van der Waals surface area contributed by atoms with Crippen molar-refractivity contribution in [2.75, 3.05) is 13.1 Å². The van der Waals surface area contributed by atoms with E-state index >= 15 is 0 Å². The molecule has 2 N–H and O–H groups in total. The molecular weight excluding hydrogens is 264 g/mol. The van der Waals surface area contributed by atoms with E-state index < -0.39 is 0 Å². The van der Waals surface area contributed by atoms with Crippen LogP contribution in [-0.2, 0) is 0 Å². The third kappa shape index (κ3) is 3.06. The van der Waals surface area contributed by atoms with E-state index in [2.05, 4.69) is 57.8 Å². The molecule has 16 heavy (non-hydrogen) atoms. The summed E-state index contributed by atoms with van der Waals surface area (Å²) in [5.41, 5.74) is 1.39. The highest BCUT2D eigenvalue weighted by Crippen LogP contribution is 2.20. The minimum Gasteiger partial charge on any atom is -0.315 e. The standard InChI is InChI=1S/C13H19BrN2/c1-2-13(16-12-7-8-15-9-12)10-3-5-11(14)6-4-10/h3-6,12-13,15-16H,2,7-9H2,1H3. The summed E-state index contributed by atoms with van der Waals surface area (Å²) >= 11 is 3.47. The van der Waals surface area contributed by atoms with Gasteiger partial charge in [0.25, 0.3) is 0 Å². The van der Waals surface area contributed by atoms with Crippen LogP contribution in [-0.4, -0.2) is 19.1 Å². The van der Waals surface area contributed by atoms with E-state index in [1.165, 1.54) is 12.0 Å². The van der Waals surface area contributed by atoms with Crippen molar-refractivity contribution >= 4 is 15.9 Å². The Morgan fingerprint density at radius 1 is 1.44 bits per heavy atom. The van der Waals surface area contributed by atoms with Gasteiger partial charge in [0.15, 0.2) is 0 Å². The average Bonchev–Trinajstić information content (AvgIpc) is 2.80. The van der Waals surface area contributed by atoms with E-state index in [0.717, 1.165) is 24.0 Å². The Morgan fingerprint density at radius 3 is 2.75 bits per heavy atom. The van der Waals surface area contributed by atoms with Crippen molar-refractivity contribution in [2.45, 2.75) is 31.8 Å². The predicted molar refractivity (Wildman–Crippen MR) is 71.6 cm³/mol. The summed E-state index contributed by atoms with van der Waals surface area (Å²) in [4.78, 5) is 0. The zero-order chi connectivity index (χ0) is 11.4. The van der Waals surface area contributed by atoms with E-state index in [-0.39, 0.29) is 0 Å². The summed E-state index contributed by atoms with van der Waals surface area (Å²) in [7, 11) is 0. The third-order valence-electron chi connectivity index (χ3n) is 3.18. The summed E-state index contributed by atoms with van der Waals surface area (Å²) in [6.07, 6.45) is 2.38. The fourth-order valence-electron chi connectivity index (χ4n) is 2.23. The lowest BCUT2D eigenvalue weighted by molar-refractivity contribution is 0.444. The van der Waals surface area contributed by atoms with Gasteiger partial charge in [-0.2, -0.15) is 0 Å². The highest BCUT2D eigenvalue weighted by Gasteiger charge is 2.18. The summed E-state index contributed by atoms with van der Waals surface area (Å²) in [6.45, 7) is 4.49. The fraction of sp³-hybridized carbons (Fsp3) is 0.538. The van der Waals surface area contributed by atoms with Crippen LogP contribution in [0.2, 0.25) is 0 Å². The van der Waals surface area contributed by atoms with Crippen LogP contribution in [0.4, 0.5) is 0 Å². The van der Waals surface area contributed by atoms with Gasteiger partial charge in [-0.05, 0) is 37.1 Å². The van der Waals surface area contributed by atoms with E-state index in [9.17, 15) is 0 Å². The molecule has 0 bridgehead atoms. The minimum absolute atomic E-state index is 0.484. The second kappa shape index (κ2) is 5.80. The number of hydrogen-bond donors (Lipinski definition) is 2. The molecule has 1 heterocycles. The zero-order valence-corrected chi connectivity index (χ0v) is 11.3. The summed E-state index contributed by atoms with van der Waals surface area (Å²) < 4.78 is 1.15. The Balaban J connectivity index is 2.00. The molecule has 2 atom stereocenters. The summed E-state index contributed by atoms with van der Waals surface area (Å²) in [5.74, 6) is 0. The SMILES string of the molecule is CCC(NC1CCNC1)c1ccc(Br)cc1. The van der Waals surface area contributed by atoms with Gasteiger partial charge < -0.3 is 10.6 Å². The van der Waals surface area contributed by atoms with Gasteiger partial charge in [0.2, 0.25) is 0 Å². The third-order valence-corrected chi connectivity index (χ3v) is 3.71. The molecule has 0 saturated carbocycles. The number of benzene rings is 1. The molecule has 1 saturated heterocycles. The highest BCUT2D eigenvalue weighted by atomic mass is 79.9. The monoisotopic (exact) mass is 282 g/mol. The van der Waals surface area contributed by atoms with Crippen molar-refractivity contribution in [3.63, 3.8) is 0 Å². The van der Waals surface area contributed by atoms with E-state index in [4.69, 9.17) is 0 Å². The van der Waals surface area contributed by atoms with Gasteiger partial charge in [0, 0.05) is 23.1 Å². The Labute approximate surface area is 106 Å². The molecule has 2 nitrogen and oxygen atoms in total. The van der Waals surface area contributed by atoms with Crippen molar-refractivity contribution < 1.29 is 0 Å². The smallest absolute Gasteiger partial charge is 0.0320 e. The number of halogens is 1. The van der Waals surface area contributed by atoms with E-state index in [1.807, 2.05) is 0 Å². The lowest BCUT2D eigenvalue weighted by Crippen LogP contribution is -2.34. The molecular formula is C13H19BrN2. The molecule has 0 radical (unpaired) electrons. The van der Waals surface area contributed by atoms with Crippen molar-refractivity contribution in [3.05, 3.63) is 34.3 Å². The Morgan fingerprint density at radius 2 is 2.19 bits per heavy atom. The Hall–Kier alpha value is -0.380. The van der Waals surface area contributed by atoms with Gasteiger partial charge in [-0.1, -0.05) is 35.0 Å². The first-order valence-electron chi connectivity index (χ1n) is 6.02. The van der Waals surface area contributed by atoms with Crippen molar-refractivity contribution in [3.8, 4) is 0 Å². The first-order chi connectivity index (χ1) is 7.79. The minimum atomic E-state index is 0.484. The quantitative estimate of drug-likeness (QED) is 0.888. The van der Waals surface area contributed by atoms with Gasteiger partial charge in [-0.15, -0.1) is 0 Å². The highest BCUT2D eigenvalue weighted by molar-refractivity contribution is 9.10. The van der Waals surface area contributed by atoms with Crippen LogP contribution in [0.15, 0.2) is 28.7 Å². The molecule has 0 aliphatic carbocycles. The predicted octanol–water partition coefficient (Wildman–Crippen LogP) is 2.85. The maximum Gasteiger partial charge on any atom is 0.0320 e. The Kier molecular flexibility index (Phi) is 4.38. The number of hydrogen-bond acceptors (Lipinski definition) is 2. The van der Waals surface area contributed by atoms with Crippen LogP contribution in [0.3, 0.4) is 0 Å². The van der Waals surface area contributed by atoms with Crippen molar-refractivity contribution in [2.24, 2.45) is 0 Å². The molecule has 2 rings (SSSR count). The molecule has 0 aromatic heterocycles. The van der Waals surface area contributed by atoms with Crippen LogP contribution in [0.5, 0.6) is 0 Å². The van der Waals surface area contributed by atoms with E-state index in [1.54, 1.807) is 0 Å². The first kappa shape index (κ1) is 12.1. The van der Waals surface area contributed by atoms with E-state index in [0.29, 0.717) is 12.1 Å². The molecule has 88 valence electrons. The van der Waals surface area contributed by atoms with Gasteiger partial charge in [0.1, 0.15) is 0 Å². The fourth-order valence-corrected chi connectivity index (χ4v) is 2.49. The van der Waals surface area contributed by atoms with Crippen LogP contribution in [0.25, 0.3) is 0 Å². The molecule has 1 aromatic carbocycles. The van der Waals surface area contributed by atoms with Gasteiger partial charge >= 0.3 is 0 Å². The van der Waals surface area contributed by atoms with Gasteiger partial charge in [-0.3, -0.25) is 0 Å². The molecule has 1 aliphatic rings. The molecule has 3 heteroatoms. The number of nitrogens with one attached hydrogen (secondary N) is 2. The van der Waals surface area contributed by atoms with Crippen LogP contribution in [0, 0.1) is 0 Å². The first-order valence-corrected chi connectivity index (χ1v) is 6.81. The van der Waals surface area contributed by atoms with Crippen LogP contribution >= 0.6 is 15.9 Å². The largest absolute Gasteiger partial charge is 0.315 e. The number of rotatable bonds is 4. The normalized spacial score (nSPS) is 22.2. The van der Waals surface area contributed by atoms with Gasteiger partial charge in [0.05, 0.1) is 0 Å². The lowest BCUT2D eigenvalue weighted by atomic mass is 10.0. The summed E-state index contributed by atoms with van der Waals surface area (Å²) in [5, 5.41) is 7.12. The molecule has 1 aromatic rings. The lowest BCUT2D eigenvalue weighted by Gasteiger charge is -2.21. The van der Waals surface area contributed by atoms with Gasteiger partial charge in [-0.25, -0.2) is 0 Å². The van der Waals surface area contributed by atoms with Crippen LogP contribution in [0.1, 0.15) is 31.4 Å². The molecule has 0 spiro atoms. The zero-order valence-electron chi connectivity index (χ0n) is 9.67. The second-order valence-electron chi connectivity index (χ2n) is 4.37. The molecule has 1 aliphatic heterocycles. The Bertz CT molecular complexity index is 317. The molecule has 0 amide bonds. The average molecular weight is 283 g/mol.